The van der Waals surface area contributed by atoms with Crippen molar-refractivity contribution >= 4 is 73.9 Å². The maximum absolute atomic E-state index is 10.3. The molecule has 0 fully saturated rings. The Morgan fingerprint density at radius 3 is 2.08 bits per heavy atom. The van der Waals surface area contributed by atoms with Gasteiger partial charge in [-0.25, -0.2) is 4.79 Å². The number of carbonyl (C=O) groups excluding carboxylic acids is 1. The molecule has 0 aliphatic heterocycles. The average Bonchev–Trinajstić information content (AvgIpc) is 1.89. The van der Waals surface area contributed by atoms with E-state index >= 15 is 0 Å². The van der Waals surface area contributed by atoms with Crippen molar-refractivity contribution in [3.05, 3.63) is 12.7 Å². The van der Waals surface area contributed by atoms with Crippen molar-refractivity contribution in [2.24, 2.45) is 0 Å². The van der Waals surface area contributed by atoms with Crippen LogP contribution in [-0.4, -0.2) is 12.6 Å². The molecule has 0 rings (SSSR count). The van der Waals surface area contributed by atoms with Gasteiger partial charge in [-0.2, -0.15) is 0 Å². The molecule has 0 radical (unpaired) electrons. The van der Waals surface area contributed by atoms with E-state index < -0.39 is 0 Å². The van der Waals surface area contributed by atoms with Crippen molar-refractivity contribution in [3.8, 4) is 0 Å². The lowest BCUT2D eigenvalue weighted by Gasteiger charge is -1.97. The number of rotatable bonds is 4. The minimum atomic E-state index is -0.330. The summed E-state index contributed by atoms with van der Waals surface area (Å²) >= 11 is 0. The largest absolute Gasteiger partial charge is 0.463 e. The van der Waals surface area contributed by atoms with Crippen LogP contribution in [0.15, 0.2) is 12.7 Å². The first-order valence-corrected chi connectivity index (χ1v) is 3.10. The standard InChI is InChI=1S/C7H12O2.4BrH/c1-3-5-6-9-7(8)4-2;;;;/h4H,2-3,5-6H2,1H3;4*1H. The fraction of sp³-hybridized carbons (Fsp3) is 0.571. The minimum Gasteiger partial charge on any atom is -0.463 e. The zero-order valence-electron chi connectivity index (χ0n) is 7.36. The smallest absolute Gasteiger partial charge is 0.330 e. The highest BCUT2D eigenvalue weighted by atomic mass is 79.9. The molecule has 84 valence electrons. The Kier molecular flexibility index (Phi) is 52.1. The van der Waals surface area contributed by atoms with Gasteiger partial charge in [0.2, 0.25) is 0 Å². The summed E-state index contributed by atoms with van der Waals surface area (Å²) in [4.78, 5) is 10.3. The van der Waals surface area contributed by atoms with Crippen LogP contribution in [0.5, 0.6) is 0 Å². The van der Waals surface area contributed by atoms with Gasteiger partial charge in [0.15, 0.2) is 0 Å². The van der Waals surface area contributed by atoms with E-state index in [1.165, 1.54) is 6.08 Å². The molecule has 6 heteroatoms. The summed E-state index contributed by atoms with van der Waals surface area (Å²) in [5.74, 6) is -0.330. The van der Waals surface area contributed by atoms with Crippen molar-refractivity contribution in [3.63, 3.8) is 0 Å². The Labute approximate surface area is 122 Å². The first-order valence-electron chi connectivity index (χ1n) is 3.10. The molecule has 0 bridgehead atoms. The molecule has 0 atom stereocenters. The van der Waals surface area contributed by atoms with E-state index in [2.05, 4.69) is 11.3 Å². The Balaban J connectivity index is -0.0000000533. The van der Waals surface area contributed by atoms with Crippen LogP contribution in [0, 0.1) is 0 Å². The Hall–Kier alpha value is 1.13. The molecule has 2 nitrogen and oxygen atoms in total. The van der Waals surface area contributed by atoms with Gasteiger partial charge < -0.3 is 4.74 Å². The van der Waals surface area contributed by atoms with Gasteiger partial charge in [0, 0.05) is 6.08 Å². The molecule has 0 aromatic heterocycles. The quantitative estimate of drug-likeness (QED) is 0.369. The molecular weight excluding hydrogens is 436 g/mol. The summed E-state index contributed by atoms with van der Waals surface area (Å²) in [6, 6.07) is 0. The van der Waals surface area contributed by atoms with Crippen molar-refractivity contribution in [2.45, 2.75) is 19.8 Å². The first kappa shape index (κ1) is 29.2. The zero-order chi connectivity index (χ0) is 7.11. The molecule has 0 amide bonds. The van der Waals surface area contributed by atoms with Gasteiger partial charge >= 0.3 is 5.97 Å². The molecule has 0 saturated heterocycles. The zero-order valence-corrected chi connectivity index (χ0v) is 14.2. The fourth-order valence-corrected chi connectivity index (χ4v) is 0.376. The van der Waals surface area contributed by atoms with Crippen LogP contribution in [0.2, 0.25) is 0 Å². The van der Waals surface area contributed by atoms with E-state index in [9.17, 15) is 4.79 Å². The van der Waals surface area contributed by atoms with E-state index in [4.69, 9.17) is 0 Å². The summed E-state index contributed by atoms with van der Waals surface area (Å²) in [5.41, 5.74) is 0. The number of hydrogen-bond acceptors (Lipinski definition) is 2. The van der Waals surface area contributed by atoms with Gasteiger partial charge in [0.05, 0.1) is 6.61 Å². The topological polar surface area (TPSA) is 26.3 Å². The van der Waals surface area contributed by atoms with Crippen LogP contribution in [0.4, 0.5) is 0 Å². The third-order valence-corrected chi connectivity index (χ3v) is 0.909. The van der Waals surface area contributed by atoms with Gasteiger partial charge in [0.25, 0.3) is 0 Å². The molecule has 0 unspecified atom stereocenters. The highest BCUT2D eigenvalue weighted by molar-refractivity contribution is 8.93. The second-order valence-corrected chi connectivity index (χ2v) is 1.73. The molecule has 0 N–H and O–H groups in total. The van der Waals surface area contributed by atoms with E-state index in [1.54, 1.807) is 0 Å². The van der Waals surface area contributed by atoms with E-state index in [0.29, 0.717) is 6.61 Å². The second-order valence-electron chi connectivity index (χ2n) is 1.73. The number of unbranched alkanes of at least 4 members (excludes halogenated alkanes) is 1. The number of hydrogen-bond donors (Lipinski definition) is 0. The third kappa shape index (κ3) is 24.6. The maximum Gasteiger partial charge on any atom is 0.330 e. The minimum absolute atomic E-state index is 0. The summed E-state index contributed by atoms with van der Waals surface area (Å²) in [5, 5.41) is 0. The summed E-state index contributed by atoms with van der Waals surface area (Å²) in [6.07, 6.45) is 3.15. The van der Waals surface area contributed by atoms with Crippen molar-refractivity contribution in [1.82, 2.24) is 0 Å². The second kappa shape index (κ2) is 23.2. The number of ether oxygens (including phenoxy) is 1. The summed E-state index contributed by atoms with van der Waals surface area (Å²) in [7, 11) is 0. The van der Waals surface area contributed by atoms with Crippen molar-refractivity contribution in [1.29, 1.82) is 0 Å². The molecule has 0 heterocycles. The average molecular weight is 452 g/mol. The molecule has 0 aliphatic rings. The predicted octanol–water partition coefficient (Wildman–Crippen LogP) is 3.83. The van der Waals surface area contributed by atoms with Gasteiger partial charge in [-0.05, 0) is 6.42 Å². The van der Waals surface area contributed by atoms with Crippen LogP contribution in [0.25, 0.3) is 0 Å². The Morgan fingerprint density at radius 1 is 1.31 bits per heavy atom. The lowest BCUT2D eigenvalue weighted by molar-refractivity contribution is -0.137. The normalized spacial score (nSPS) is 5.92. The number of carbonyl (C=O) groups is 1. The Bertz CT molecular complexity index is 109. The van der Waals surface area contributed by atoms with Crippen molar-refractivity contribution < 1.29 is 9.53 Å². The lowest BCUT2D eigenvalue weighted by atomic mass is 10.4. The number of esters is 1. The SMILES string of the molecule is Br.Br.Br.Br.C=CC(=O)OCCCC. The lowest BCUT2D eigenvalue weighted by Crippen LogP contribution is -2.00. The Morgan fingerprint density at radius 2 is 1.77 bits per heavy atom. The highest BCUT2D eigenvalue weighted by Gasteiger charge is 1.91. The predicted molar refractivity (Wildman–Crippen MR) is 77.4 cm³/mol. The maximum atomic E-state index is 10.3. The van der Waals surface area contributed by atoms with Crippen LogP contribution in [0.3, 0.4) is 0 Å². The van der Waals surface area contributed by atoms with Gasteiger partial charge in [-0.15, -0.1) is 67.9 Å². The molecule has 13 heavy (non-hydrogen) atoms. The monoisotopic (exact) mass is 448 g/mol. The first-order chi connectivity index (χ1) is 4.31. The van der Waals surface area contributed by atoms with E-state index in [0.717, 1.165) is 12.8 Å². The van der Waals surface area contributed by atoms with Crippen LogP contribution >= 0.6 is 67.9 Å². The van der Waals surface area contributed by atoms with Crippen LogP contribution in [-0.2, 0) is 9.53 Å². The summed E-state index contributed by atoms with van der Waals surface area (Å²) < 4.78 is 4.67. The third-order valence-electron chi connectivity index (χ3n) is 0.909. The van der Waals surface area contributed by atoms with E-state index in [1.807, 2.05) is 6.92 Å². The molecule has 0 saturated carbocycles. The van der Waals surface area contributed by atoms with Crippen LogP contribution in [0.1, 0.15) is 19.8 Å². The molecule has 0 aromatic carbocycles. The summed E-state index contributed by atoms with van der Waals surface area (Å²) in [6.45, 7) is 5.82. The molecule has 0 aromatic rings. The molecular formula is C7H16Br4O2. The molecule has 0 spiro atoms. The van der Waals surface area contributed by atoms with Crippen LogP contribution < -0.4 is 0 Å². The molecule has 0 aliphatic carbocycles. The van der Waals surface area contributed by atoms with Gasteiger partial charge in [0.1, 0.15) is 0 Å². The van der Waals surface area contributed by atoms with Gasteiger partial charge in [-0.1, -0.05) is 19.9 Å². The fourth-order valence-electron chi connectivity index (χ4n) is 0.376. The highest BCUT2D eigenvalue weighted by Crippen LogP contribution is 1.88. The number of halogens is 4. The van der Waals surface area contributed by atoms with Gasteiger partial charge in [-0.3, -0.25) is 0 Å². The van der Waals surface area contributed by atoms with Crippen molar-refractivity contribution in [2.75, 3.05) is 6.61 Å². The van der Waals surface area contributed by atoms with E-state index in [-0.39, 0.29) is 73.9 Å².